The SMILES string of the molecule is CC(C)S(=O)(=O)NCC(C)(C)c1ccc(NC(=O)c2ccccc2)cc1. The second kappa shape index (κ2) is 8.01. The normalized spacial score (nSPS) is 12.2. The molecule has 2 rings (SSSR count). The van der Waals surface area contributed by atoms with Gasteiger partial charge in [-0.15, -0.1) is 0 Å². The number of nitrogens with one attached hydrogen (secondary N) is 2. The number of hydrogen-bond donors (Lipinski definition) is 2. The molecule has 0 atom stereocenters. The molecule has 0 aliphatic heterocycles. The lowest BCUT2D eigenvalue weighted by Gasteiger charge is -2.26. The molecule has 5 nitrogen and oxygen atoms in total. The summed E-state index contributed by atoms with van der Waals surface area (Å²) in [6.45, 7) is 7.57. The van der Waals surface area contributed by atoms with Gasteiger partial charge in [0.2, 0.25) is 10.0 Å². The molecule has 0 saturated carbocycles. The molecular formula is C20H26N2O3S. The van der Waals surface area contributed by atoms with Gasteiger partial charge < -0.3 is 5.32 Å². The third-order valence-corrected chi connectivity index (χ3v) is 6.08. The second-order valence-corrected chi connectivity index (χ2v) is 9.52. The van der Waals surface area contributed by atoms with Gasteiger partial charge in [0.1, 0.15) is 0 Å². The Kier molecular flexibility index (Phi) is 6.21. The number of amides is 1. The van der Waals surface area contributed by atoms with E-state index in [9.17, 15) is 13.2 Å². The summed E-state index contributed by atoms with van der Waals surface area (Å²) in [6.07, 6.45) is 0. The largest absolute Gasteiger partial charge is 0.322 e. The van der Waals surface area contributed by atoms with Crippen molar-refractivity contribution in [3.05, 3.63) is 65.7 Å². The molecule has 6 heteroatoms. The first-order valence-electron chi connectivity index (χ1n) is 8.57. The molecule has 0 aromatic heterocycles. The van der Waals surface area contributed by atoms with Crippen LogP contribution in [-0.2, 0) is 15.4 Å². The molecule has 1 amide bonds. The number of benzene rings is 2. The van der Waals surface area contributed by atoms with E-state index in [2.05, 4.69) is 10.0 Å². The number of carbonyl (C=O) groups is 1. The maximum Gasteiger partial charge on any atom is 0.255 e. The number of hydrogen-bond acceptors (Lipinski definition) is 3. The van der Waals surface area contributed by atoms with Gasteiger partial charge in [0.15, 0.2) is 0 Å². The first-order chi connectivity index (χ1) is 12.1. The third-order valence-electron chi connectivity index (χ3n) is 4.30. The Hall–Kier alpha value is -2.18. The van der Waals surface area contributed by atoms with Gasteiger partial charge in [0, 0.05) is 23.2 Å². The Balaban J connectivity index is 2.05. The second-order valence-electron chi connectivity index (χ2n) is 7.20. The number of sulfonamides is 1. The fourth-order valence-corrected chi connectivity index (χ4v) is 3.24. The Morgan fingerprint density at radius 2 is 1.58 bits per heavy atom. The first kappa shape index (κ1) is 20.1. The molecule has 0 heterocycles. The van der Waals surface area contributed by atoms with Gasteiger partial charge in [-0.3, -0.25) is 4.79 Å². The van der Waals surface area contributed by atoms with Gasteiger partial charge >= 0.3 is 0 Å². The summed E-state index contributed by atoms with van der Waals surface area (Å²) in [6, 6.07) is 16.5. The predicted octanol–water partition coefficient (Wildman–Crippen LogP) is 3.54. The molecule has 2 aromatic rings. The van der Waals surface area contributed by atoms with Crippen molar-refractivity contribution in [1.82, 2.24) is 4.72 Å². The van der Waals surface area contributed by atoms with Gasteiger partial charge in [0.05, 0.1) is 5.25 Å². The highest BCUT2D eigenvalue weighted by Gasteiger charge is 2.24. The maximum absolute atomic E-state index is 12.2. The van der Waals surface area contributed by atoms with E-state index < -0.39 is 15.3 Å². The van der Waals surface area contributed by atoms with Crippen molar-refractivity contribution in [3.63, 3.8) is 0 Å². The van der Waals surface area contributed by atoms with E-state index in [1.807, 2.05) is 56.3 Å². The number of carbonyl (C=O) groups excluding carboxylic acids is 1. The van der Waals surface area contributed by atoms with E-state index in [1.165, 1.54) is 0 Å². The molecule has 0 saturated heterocycles. The molecule has 0 radical (unpaired) electrons. The molecule has 2 N–H and O–H groups in total. The zero-order chi connectivity index (χ0) is 19.4. The minimum atomic E-state index is -3.30. The zero-order valence-corrected chi connectivity index (χ0v) is 16.4. The molecular weight excluding hydrogens is 348 g/mol. The van der Waals surface area contributed by atoms with Crippen molar-refractivity contribution in [3.8, 4) is 0 Å². The summed E-state index contributed by atoms with van der Waals surface area (Å²) in [5.41, 5.74) is 1.91. The van der Waals surface area contributed by atoms with Crippen molar-refractivity contribution in [2.75, 3.05) is 11.9 Å². The summed E-state index contributed by atoms with van der Waals surface area (Å²) >= 11 is 0. The van der Waals surface area contributed by atoms with Crippen molar-refractivity contribution < 1.29 is 13.2 Å². The monoisotopic (exact) mass is 374 g/mol. The Bertz CT molecular complexity index is 842. The molecule has 26 heavy (non-hydrogen) atoms. The standard InChI is InChI=1S/C20H26N2O3S/c1-15(2)26(24,25)21-14-20(3,4)17-10-12-18(13-11-17)22-19(23)16-8-6-5-7-9-16/h5-13,15,21H,14H2,1-4H3,(H,22,23). The first-order valence-corrected chi connectivity index (χ1v) is 10.1. The van der Waals surface area contributed by atoms with E-state index in [4.69, 9.17) is 0 Å². The van der Waals surface area contributed by atoms with Crippen LogP contribution < -0.4 is 10.0 Å². The summed E-state index contributed by atoms with van der Waals surface area (Å²) < 4.78 is 26.6. The Morgan fingerprint density at radius 3 is 2.12 bits per heavy atom. The summed E-state index contributed by atoms with van der Waals surface area (Å²) in [5.74, 6) is -0.165. The average molecular weight is 375 g/mol. The van der Waals surface area contributed by atoms with Gasteiger partial charge in [-0.25, -0.2) is 13.1 Å². The highest BCUT2D eigenvalue weighted by atomic mass is 32.2. The van der Waals surface area contributed by atoms with Crippen LogP contribution in [0.3, 0.4) is 0 Å². The Morgan fingerprint density at radius 1 is 1.00 bits per heavy atom. The van der Waals surface area contributed by atoms with E-state index in [0.29, 0.717) is 17.8 Å². The average Bonchev–Trinajstić information content (AvgIpc) is 2.61. The van der Waals surface area contributed by atoms with Crippen LogP contribution in [0, 0.1) is 0 Å². The Labute approximate surface area is 155 Å². The predicted molar refractivity (Wildman–Crippen MR) is 106 cm³/mol. The van der Waals surface area contributed by atoms with Crippen LogP contribution in [-0.4, -0.2) is 26.1 Å². The zero-order valence-electron chi connectivity index (χ0n) is 15.6. The van der Waals surface area contributed by atoms with Crippen LogP contribution >= 0.6 is 0 Å². The van der Waals surface area contributed by atoms with Gasteiger partial charge in [0.25, 0.3) is 5.91 Å². The third kappa shape index (κ3) is 5.16. The van der Waals surface area contributed by atoms with Crippen molar-refractivity contribution >= 4 is 21.6 Å². The van der Waals surface area contributed by atoms with E-state index in [0.717, 1.165) is 5.56 Å². The van der Waals surface area contributed by atoms with E-state index in [1.54, 1.807) is 26.0 Å². The summed E-state index contributed by atoms with van der Waals surface area (Å²) in [7, 11) is -3.30. The minimum absolute atomic E-state index is 0.165. The molecule has 2 aromatic carbocycles. The quantitative estimate of drug-likeness (QED) is 0.778. The minimum Gasteiger partial charge on any atom is -0.322 e. The van der Waals surface area contributed by atoms with Crippen LogP contribution in [0.2, 0.25) is 0 Å². The van der Waals surface area contributed by atoms with Crippen molar-refractivity contribution in [1.29, 1.82) is 0 Å². The maximum atomic E-state index is 12.2. The smallest absolute Gasteiger partial charge is 0.255 e. The van der Waals surface area contributed by atoms with Gasteiger partial charge in [-0.05, 0) is 43.7 Å². The highest BCUT2D eigenvalue weighted by Crippen LogP contribution is 2.24. The van der Waals surface area contributed by atoms with Crippen LogP contribution in [0.15, 0.2) is 54.6 Å². The lowest BCUT2D eigenvalue weighted by Crippen LogP contribution is -2.39. The van der Waals surface area contributed by atoms with Gasteiger partial charge in [-0.2, -0.15) is 0 Å². The van der Waals surface area contributed by atoms with Crippen LogP contribution in [0.25, 0.3) is 0 Å². The fourth-order valence-electron chi connectivity index (χ4n) is 2.35. The molecule has 0 bridgehead atoms. The van der Waals surface area contributed by atoms with E-state index >= 15 is 0 Å². The molecule has 140 valence electrons. The molecule has 0 aliphatic rings. The summed E-state index contributed by atoms with van der Waals surface area (Å²) in [4.78, 5) is 12.2. The lowest BCUT2D eigenvalue weighted by atomic mass is 9.85. The van der Waals surface area contributed by atoms with Gasteiger partial charge in [-0.1, -0.05) is 44.2 Å². The molecule has 0 fully saturated rings. The van der Waals surface area contributed by atoms with Crippen LogP contribution in [0.4, 0.5) is 5.69 Å². The molecule has 0 spiro atoms. The lowest BCUT2D eigenvalue weighted by molar-refractivity contribution is 0.102. The van der Waals surface area contributed by atoms with Crippen LogP contribution in [0.5, 0.6) is 0 Å². The topological polar surface area (TPSA) is 75.3 Å². The molecule has 0 aliphatic carbocycles. The highest BCUT2D eigenvalue weighted by molar-refractivity contribution is 7.90. The number of rotatable bonds is 7. The summed E-state index contributed by atoms with van der Waals surface area (Å²) in [5, 5.41) is 2.39. The van der Waals surface area contributed by atoms with Crippen LogP contribution in [0.1, 0.15) is 43.6 Å². The molecule has 0 unspecified atom stereocenters. The van der Waals surface area contributed by atoms with Crippen molar-refractivity contribution in [2.24, 2.45) is 0 Å². The van der Waals surface area contributed by atoms with E-state index in [-0.39, 0.29) is 11.3 Å². The fraction of sp³-hybridized carbons (Fsp3) is 0.350. The number of anilines is 1. The van der Waals surface area contributed by atoms with Crippen molar-refractivity contribution in [2.45, 2.75) is 38.4 Å².